The van der Waals surface area contributed by atoms with Gasteiger partial charge in [-0.1, -0.05) is 12.8 Å². The van der Waals surface area contributed by atoms with Crippen LogP contribution in [-0.2, 0) is 4.74 Å². The van der Waals surface area contributed by atoms with E-state index in [9.17, 15) is 9.90 Å². The maximum absolute atomic E-state index is 12.6. The second-order valence-corrected chi connectivity index (χ2v) is 6.99. The van der Waals surface area contributed by atoms with Crippen LogP contribution in [-0.4, -0.2) is 53.7 Å². The molecule has 30 heavy (non-hydrogen) atoms. The SMILES string of the molecule is Cl.O=C(OCCO)c1c(N2CCCCCC2)oc(C=C2C=Nc3ncccc32)c1O. The molecule has 0 unspecified atom stereocenters. The van der Waals surface area contributed by atoms with Gasteiger partial charge < -0.3 is 24.3 Å². The Bertz CT molecular complexity index is 962. The van der Waals surface area contributed by atoms with Crippen molar-refractivity contribution in [2.45, 2.75) is 25.7 Å². The Kier molecular flexibility index (Phi) is 7.12. The molecule has 160 valence electrons. The molecule has 1 saturated heterocycles. The fraction of sp³-hybridized carbons (Fsp3) is 0.381. The maximum atomic E-state index is 12.6. The number of hydrogen-bond acceptors (Lipinski definition) is 8. The van der Waals surface area contributed by atoms with E-state index in [4.69, 9.17) is 14.3 Å². The minimum atomic E-state index is -0.716. The molecule has 0 atom stereocenters. The Hall–Kier alpha value is -2.84. The Morgan fingerprint density at radius 2 is 2.03 bits per heavy atom. The molecule has 0 amide bonds. The first kappa shape index (κ1) is 21.9. The lowest BCUT2D eigenvalue weighted by Gasteiger charge is -2.20. The smallest absolute Gasteiger partial charge is 0.347 e. The number of rotatable bonds is 5. The number of aromatic hydroxyl groups is 1. The number of aliphatic imine (C=N–C) groups is 1. The molecule has 4 heterocycles. The average Bonchev–Trinajstić information content (AvgIpc) is 3.15. The summed E-state index contributed by atoms with van der Waals surface area (Å²) in [5.74, 6) is 0.0794. The highest BCUT2D eigenvalue weighted by atomic mass is 35.5. The van der Waals surface area contributed by atoms with Gasteiger partial charge in [-0.3, -0.25) is 0 Å². The van der Waals surface area contributed by atoms with Gasteiger partial charge in [-0.25, -0.2) is 14.8 Å². The number of carbonyl (C=O) groups is 1. The Morgan fingerprint density at radius 3 is 2.77 bits per heavy atom. The first-order valence-electron chi connectivity index (χ1n) is 9.79. The van der Waals surface area contributed by atoms with Crippen molar-refractivity contribution in [1.82, 2.24) is 4.98 Å². The zero-order valence-electron chi connectivity index (χ0n) is 16.4. The fourth-order valence-electron chi connectivity index (χ4n) is 3.60. The molecule has 0 radical (unpaired) electrons. The van der Waals surface area contributed by atoms with Gasteiger partial charge in [0.05, 0.1) is 6.61 Å². The van der Waals surface area contributed by atoms with E-state index in [0.717, 1.165) is 49.9 Å². The summed E-state index contributed by atoms with van der Waals surface area (Å²) in [7, 11) is 0. The van der Waals surface area contributed by atoms with Crippen LogP contribution < -0.4 is 4.90 Å². The van der Waals surface area contributed by atoms with Crippen molar-refractivity contribution >= 4 is 47.9 Å². The number of aliphatic hydroxyl groups excluding tert-OH is 1. The van der Waals surface area contributed by atoms with Crippen molar-refractivity contribution in [3.8, 4) is 5.75 Å². The van der Waals surface area contributed by atoms with Crippen LogP contribution in [0.4, 0.5) is 11.7 Å². The van der Waals surface area contributed by atoms with Crippen molar-refractivity contribution < 1.29 is 24.2 Å². The third kappa shape index (κ3) is 4.34. The van der Waals surface area contributed by atoms with E-state index in [1.54, 1.807) is 18.5 Å². The number of esters is 1. The number of pyridine rings is 1. The van der Waals surface area contributed by atoms with E-state index >= 15 is 0 Å². The van der Waals surface area contributed by atoms with Crippen molar-refractivity contribution in [2.75, 3.05) is 31.2 Å². The van der Waals surface area contributed by atoms with Crippen LogP contribution in [0.2, 0.25) is 0 Å². The second kappa shape index (κ2) is 9.77. The molecule has 1 fully saturated rings. The van der Waals surface area contributed by atoms with Crippen molar-refractivity contribution in [3.63, 3.8) is 0 Å². The van der Waals surface area contributed by atoms with Crippen LogP contribution in [0.25, 0.3) is 11.6 Å². The standard InChI is InChI=1S/C21H23N3O5.ClH/c25-10-11-28-21(27)17-18(26)16(29-20(17)24-8-3-1-2-4-9-24)12-14-13-23-19-15(14)6-5-7-22-19;/h5-7,12-13,25-26H,1-4,8-11H2;1H. The van der Waals surface area contributed by atoms with Gasteiger partial charge in [0.15, 0.2) is 22.9 Å². The molecule has 8 nitrogen and oxygen atoms in total. The number of halogens is 1. The predicted octanol–water partition coefficient (Wildman–Crippen LogP) is 3.59. The van der Waals surface area contributed by atoms with Gasteiger partial charge >= 0.3 is 5.97 Å². The molecule has 2 aromatic rings. The number of ether oxygens (including phenoxy) is 1. The van der Waals surface area contributed by atoms with Gasteiger partial charge in [-0.2, -0.15) is 0 Å². The molecule has 2 N–H and O–H groups in total. The summed E-state index contributed by atoms with van der Waals surface area (Å²) in [6.07, 6.45) is 9.15. The number of carbonyl (C=O) groups excluding carboxylic acids is 1. The van der Waals surface area contributed by atoms with E-state index in [2.05, 4.69) is 9.98 Å². The average molecular weight is 434 g/mol. The van der Waals surface area contributed by atoms with E-state index < -0.39 is 5.97 Å². The number of anilines is 1. The lowest BCUT2D eigenvalue weighted by atomic mass is 10.1. The largest absolute Gasteiger partial charge is 0.504 e. The second-order valence-electron chi connectivity index (χ2n) is 6.99. The molecular formula is C21H24ClN3O5. The Balaban J connectivity index is 0.00000256. The van der Waals surface area contributed by atoms with Crippen molar-refractivity contribution in [1.29, 1.82) is 0 Å². The summed E-state index contributed by atoms with van der Waals surface area (Å²) >= 11 is 0. The zero-order chi connectivity index (χ0) is 20.2. The summed E-state index contributed by atoms with van der Waals surface area (Å²) in [6.45, 7) is 1.03. The van der Waals surface area contributed by atoms with Crippen LogP contribution in [0.3, 0.4) is 0 Å². The van der Waals surface area contributed by atoms with Crippen LogP contribution in [0.1, 0.15) is 47.4 Å². The van der Waals surface area contributed by atoms with Gasteiger partial charge in [-0.05, 0) is 31.1 Å². The number of hydrogen-bond donors (Lipinski definition) is 2. The summed E-state index contributed by atoms with van der Waals surface area (Å²) < 4.78 is 11.0. The third-order valence-electron chi connectivity index (χ3n) is 5.02. The molecule has 4 rings (SSSR count). The lowest BCUT2D eigenvalue weighted by Crippen LogP contribution is -2.25. The number of aromatic nitrogens is 1. The summed E-state index contributed by atoms with van der Waals surface area (Å²) in [4.78, 5) is 23.0. The third-order valence-corrected chi connectivity index (χ3v) is 5.02. The molecule has 0 bridgehead atoms. The number of aliphatic hydroxyl groups is 1. The molecule has 2 aliphatic rings. The Morgan fingerprint density at radius 1 is 1.27 bits per heavy atom. The lowest BCUT2D eigenvalue weighted by molar-refractivity contribution is 0.0431. The normalized spacial score (nSPS) is 16.8. The number of furan rings is 1. The number of fused-ring (bicyclic) bond motifs is 1. The molecule has 9 heteroatoms. The summed E-state index contributed by atoms with van der Waals surface area (Å²) in [5.41, 5.74) is 1.55. The van der Waals surface area contributed by atoms with Crippen LogP contribution in [0, 0.1) is 0 Å². The van der Waals surface area contributed by atoms with E-state index in [1.807, 2.05) is 17.0 Å². The minimum Gasteiger partial charge on any atom is -0.504 e. The highest BCUT2D eigenvalue weighted by molar-refractivity contribution is 6.21. The predicted molar refractivity (Wildman–Crippen MR) is 116 cm³/mol. The molecular weight excluding hydrogens is 410 g/mol. The molecule has 0 spiro atoms. The van der Waals surface area contributed by atoms with E-state index in [0.29, 0.717) is 11.7 Å². The zero-order valence-corrected chi connectivity index (χ0v) is 17.2. The van der Waals surface area contributed by atoms with Gasteiger partial charge in [0.25, 0.3) is 0 Å². The van der Waals surface area contributed by atoms with Gasteiger partial charge in [-0.15, -0.1) is 12.4 Å². The summed E-state index contributed by atoms with van der Waals surface area (Å²) in [6, 6.07) is 3.69. The monoisotopic (exact) mass is 433 g/mol. The number of allylic oxidation sites excluding steroid dienone is 1. The van der Waals surface area contributed by atoms with Crippen LogP contribution in [0.5, 0.6) is 5.75 Å². The quantitative estimate of drug-likeness (QED) is 0.693. The van der Waals surface area contributed by atoms with Crippen LogP contribution >= 0.6 is 12.4 Å². The van der Waals surface area contributed by atoms with E-state index in [-0.39, 0.29) is 42.7 Å². The first-order chi connectivity index (χ1) is 14.2. The Labute approximate surface area is 180 Å². The van der Waals surface area contributed by atoms with E-state index in [1.165, 1.54) is 0 Å². The number of nitrogens with zero attached hydrogens (tertiary/aromatic N) is 3. The van der Waals surface area contributed by atoms with Gasteiger partial charge in [0.1, 0.15) is 6.61 Å². The topological polar surface area (TPSA) is 108 Å². The van der Waals surface area contributed by atoms with Crippen molar-refractivity contribution in [3.05, 3.63) is 35.2 Å². The van der Waals surface area contributed by atoms with Gasteiger partial charge in [0, 0.05) is 36.6 Å². The highest BCUT2D eigenvalue weighted by Gasteiger charge is 2.30. The molecule has 0 aromatic carbocycles. The molecule has 2 aliphatic heterocycles. The minimum absolute atomic E-state index is 0. The van der Waals surface area contributed by atoms with Crippen molar-refractivity contribution in [2.24, 2.45) is 4.99 Å². The maximum Gasteiger partial charge on any atom is 0.347 e. The molecule has 0 saturated carbocycles. The van der Waals surface area contributed by atoms with Crippen LogP contribution in [0.15, 0.2) is 27.7 Å². The highest BCUT2D eigenvalue weighted by Crippen LogP contribution is 2.40. The molecule has 0 aliphatic carbocycles. The molecule has 2 aromatic heterocycles. The summed E-state index contributed by atoms with van der Waals surface area (Å²) in [5, 5.41) is 19.8. The fourth-order valence-corrected chi connectivity index (χ4v) is 3.60. The van der Waals surface area contributed by atoms with Gasteiger partial charge in [0.2, 0.25) is 5.88 Å². The first-order valence-corrected chi connectivity index (χ1v) is 9.79.